The number of hydrogen-bond acceptors (Lipinski definition) is 2. The molecule has 2 aromatic carbocycles. The van der Waals surface area contributed by atoms with Crippen molar-refractivity contribution in [1.29, 1.82) is 0 Å². The zero-order chi connectivity index (χ0) is 15.2. The van der Waals surface area contributed by atoms with Crippen LogP contribution in [0.5, 0.6) is 0 Å². The Morgan fingerprint density at radius 3 is 2.14 bits per heavy atom. The molecule has 2 aromatic rings. The minimum absolute atomic E-state index is 0.0121. The molecule has 0 spiro atoms. The molecule has 0 aliphatic rings. The number of carbonyl (C=O) groups is 1. The van der Waals surface area contributed by atoms with Gasteiger partial charge in [-0.2, -0.15) is 0 Å². The van der Waals surface area contributed by atoms with E-state index in [2.05, 4.69) is 40.4 Å². The number of carbonyl (C=O) groups excluding carboxylic acids is 1. The number of nitrogens with one attached hydrogen (secondary N) is 2. The van der Waals surface area contributed by atoms with Gasteiger partial charge in [0.05, 0.1) is 6.42 Å². The third kappa shape index (κ3) is 5.23. The lowest BCUT2D eigenvalue weighted by atomic mass is 10.1. The van der Waals surface area contributed by atoms with E-state index in [9.17, 15) is 4.79 Å². The van der Waals surface area contributed by atoms with Gasteiger partial charge in [-0.05, 0) is 55.8 Å². The van der Waals surface area contributed by atoms with Crippen molar-refractivity contribution in [2.75, 3.05) is 10.6 Å². The predicted octanol–water partition coefficient (Wildman–Crippen LogP) is 4.45. The second-order valence-electron chi connectivity index (χ2n) is 5.23. The van der Waals surface area contributed by atoms with Crippen molar-refractivity contribution >= 4 is 33.2 Å². The van der Waals surface area contributed by atoms with Gasteiger partial charge < -0.3 is 10.6 Å². The van der Waals surface area contributed by atoms with E-state index in [1.54, 1.807) is 0 Å². The van der Waals surface area contributed by atoms with Gasteiger partial charge in [-0.25, -0.2) is 0 Å². The van der Waals surface area contributed by atoms with E-state index in [0.717, 1.165) is 21.4 Å². The Morgan fingerprint density at radius 2 is 1.57 bits per heavy atom. The first kappa shape index (κ1) is 15.6. The van der Waals surface area contributed by atoms with Crippen molar-refractivity contribution in [3.8, 4) is 0 Å². The van der Waals surface area contributed by atoms with Gasteiger partial charge in [0, 0.05) is 21.9 Å². The Kier molecular flexibility index (Phi) is 5.39. The van der Waals surface area contributed by atoms with Crippen LogP contribution in [0.2, 0.25) is 0 Å². The molecular formula is C17H19BrN2O. The molecule has 2 N–H and O–H groups in total. The van der Waals surface area contributed by atoms with Gasteiger partial charge in [0.25, 0.3) is 0 Å². The smallest absolute Gasteiger partial charge is 0.228 e. The lowest BCUT2D eigenvalue weighted by Crippen LogP contribution is -2.14. The van der Waals surface area contributed by atoms with E-state index in [0.29, 0.717) is 12.5 Å². The Morgan fingerprint density at radius 1 is 1.00 bits per heavy atom. The molecule has 0 bridgehead atoms. The van der Waals surface area contributed by atoms with Crippen LogP contribution in [0.1, 0.15) is 19.4 Å². The average molecular weight is 347 g/mol. The molecule has 110 valence electrons. The van der Waals surface area contributed by atoms with Gasteiger partial charge in [-0.3, -0.25) is 4.79 Å². The van der Waals surface area contributed by atoms with Crippen LogP contribution in [0.4, 0.5) is 11.4 Å². The molecule has 21 heavy (non-hydrogen) atoms. The van der Waals surface area contributed by atoms with Crippen LogP contribution < -0.4 is 10.6 Å². The van der Waals surface area contributed by atoms with Gasteiger partial charge in [0.2, 0.25) is 5.91 Å². The SMILES string of the molecule is CC(C)Nc1ccc(NC(=O)Cc2ccc(Br)cc2)cc1. The lowest BCUT2D eigenvalue weighted by molar-refractivity contribution is -0.115. The molecule has 0 heterocycles. The standard InChI is InChI=1S/C17H19BrN2O/c1-12(2)19-15-7-9-16(10-8-15)20-17(21)11-13-3-5-14(18)6-4-13/h3-10,12,19H,11H2,1-2H3,(H,20,21). The van der Waals surface area contributed by atoms with E-state index in [1.165, 1.54) is 0 Å². The van der Waals surface area contributed by atoms with Gasteiger partial charge in [0.15, 0.2) is 0 Å². The van der Waals surface area contributed by atoms with Crippen LogP contribution in [0.3, 0.4) is 0 Å². The first-order valence-corrected chi connectivity index (χ1v) is 7.73. The van der Waals surface area contributed by atoms with Gasteiger partial charge in [0.1, 0.15) is 0 Å². The van der Waals surface area contributed by atoms with Crippen LogP contribution in [0.15, 0.2) is 53.0 Å². The first-order valence-electron chi connectivity index (χ1n) is 6.94. The van der Waals surface area contributed by atoms with Crippen LogP contribution in [0.25, 0.3) is 0 Å². The molecule has 3 nitrogen and oxygen atoms in total. The van der Waals surface area contributed by atoms with Crippen molar-refractivity contribution in [3.05, 3.63) is 58.6 Å². The summed E-state index contributed by atoms with van der Waals surface area (Å²) in [5.41, 5.74) is 2.86. The second kappa shape index (κ2) is 7.27. The van der Waals surface area contributed by atoms with Crippen LogP contribution in [-0.4, -0.2) is 11.9 Å². The molecular weight excluding hydrogens is 328 g/mol. The maximum atomic E-state index is 12.0. The second-order valence-corrected chi connectivity index (χ2v) is 6.14. The molecule has 0 radical (unpaired) electrons. The van der Waals surface area contributed by atoms with Crippen molar-refractivity contribution < 1.29 is 4.79 Å². The monoisotopic (exact) mass is 346 g/mol. The fraction of sp³-hybridized carbons (Fsp3) is 0.235. The third-order valence-corrected chi connectivity index (χ3v) is 3.43. The zero-order valence-electron chi connectivity index (χ0n) is 12.2. The summed E-state index contributed by atoms with van der Waals surface area (Å²) in [4.78, 5) is 12.0. The molecule has 1 amide bonds. The molecule has 0 fully saturated rings. The molecule has 0 atom stereocenters. The van der Waals surface area contributed by atoms with E-state index < -0.39 is 0 Å². The summed E-state index contributed by atoms with van der Waals surface area (Å²) in [7, 11) is 0. The highest BCUT2D eigenvalue weighted by Crippen LogP contribution is 2.15. The minimum atomic E-state index is -0.0121. The topological polar surface area (TPSA) is 41.1 Å². The molecule has 0 saturated heterocycles. The Balaban J connectivity index is 1.91. The molecule has 0 aliphatic carbocycles. The van der Waals surface area contributed by atoms with Crippen LogP contribution in [0, 0.1) is 0 Å². The minimum Gasteiger partial charge on any atom is -0.383 e. The highest BCUT2D eigenvalue weighted by Gasteiger charge is 2.04. The van der Waals surface area contributed by atoms with Gasteiger partial charge >= 0.3 is 0 Å². The van der Waals surface area contributed by atoms with E-state index >= 15 is 0 Å². The number of anilines is 2. The van der Waals surface area contributed by atoms with Crippen LogP contribution >= 0.6 is 15.9 Å². The summed E-state index contributed by atoms with van der Waals surface area (Å²) in [6, 6.07) is 15.9. The molecule has 0 saturated carbocycles. The van der Waals surface area contributed by atoms with E-state index in [4.69, 9.17) is 0 Å². The number of rotatable bonds is 5. The summed E-state index contributed by atoms with van der Waals surface area (Å²) in [5, 5.41) is 6.22. The van der Waals surface area contributed by atoms with Crippen molar-refractivity contribution in [2.24, 2.45) is 0 Å². The molecule has 0 unspecified atom stereocenters. The predicted molar refractivity (Wildman–Crippen MR) is 91.7 cm³/mol. The summed E-state index contributed by atoms with van der Waals surface area (Å²) >= 11 is 3.38. The largest absolute Gasteiger partial charge is 0.383 e. The highest BCUT2D eigenvalue weighted by molar-refractivity contribution is 9.10. The highest BCUT2D eigenvalue weighted by atomic mass is 79.9. The Hall–Kier alpha value is -1.81. The number of halogens is 1. The normalized spacial score (nSPS) is 10.5. The third-order valence-electron chi connectivity index (χ3n) is 2.90. The van der Waals surface area contributed by atoms with E-state index in [-0.39, 0.29) is 5.91 Å². The number of amides is 1. The summed E-state index contributed by atoms with van der Waals surface area (Å²) in [6.45, 7) is 4.18. The van der Waals surface area contributed by atoms with E-state index in [1.807, 2.05) is 48.5 Å². The number of hydrogen-bond donors (Lipinski definition) is 2. The lowest BCUT2D eigenvalue weighted by Gasteiger charge is -2.11. The fourth-order valence-electron chi connectivity index (χ4n) is 1.98. The van der Waals surface area contributed by atoms with Crippen molar-refractivity contribution in [3.63, 3.8) is 0 Å². The van der Waals surface area contributed by atoms with Crippen molar-refractivity contribution in [2.45, 2.75) is 26.3 Å². The molecule has 0 aliphatic heterocycles. The first-order chi connectivity index (χ1) is 10.0. The average Bonchev–Trinajstić information content (AvgIpc) is 2.43. The number of benzene rings is 2. The fourth-order valence-corrected chi connectivity index (χ4v) is 2.24. The summed E-state index contributed by atoms with van der Waals surface area (Å²) in [6.07, 6.45) is 0.374. The molecule has 4 heteroatoms. The van der Waals surface area contributed by atoms with Gasteiger partial charge in [-0.15, -0.1) is 0 Å². The quantitative estimate of drug-likeness (QED) is 0.839. The zero-order valence-corrected chi connectivity index (χ0v) is 13.8. The molecule has 2 rings (SSSR count). The summed E-state index contributed by atoms with van der Waals surface area (Å²) < 4.78 is 1.01. The maximum absolute atomic E-state index is 12.0. The summed E-state index contributed by atoms with van der Waals surface area (Å²) in [5.74, 6) is -0.0121. The molecule has 0 aromatic heterocycles. The van der Waals surface area contributed by atoms with Crippen molar-refractivity contribution in [1.82, 2.24) is 0 Å². The van der Waals surface area contributed by atoms with Gasteiger partial charge in [-0.1, -0.05) is 28.1 Å². The Labute approximate surface area is 133 Å². The Bertz CT molecular complexity index is 591. The maximum Gasteiger partial charge on any atom is 0.228 e. The van der Waals surface area contributed by atoms with Crippen LogP contribution in [-0.2, 0) is 11.2 Å².